The Hall–Kier alpha value is -2.81. The summed E-state index contributed by atoms with van der Waals surface area (Å²) in [7, 11) is 1.61. The van der Waals surface area contributed by atoms with Crippen LogP contribution in [0.3, 0.4) is 0 Å². The molecule has 4 rings (SSSR count). The van der Waals surface area contributed by atoms with Crippen molar-refractivity contribution in [3.63, 3.8) is 0 Å². The van der Waals surface area contributed by atoms with Crippen LogP contribution in [0.2, 0.25) is 0 Å². The number of nitrogens with zero attached hydrogens (tertiary/aromatic N) is 4. The third-order valence-electron chi connectivity index (χ3n) is 4.00. The number of hydrogen-bond donors (Lipinski definition) is 1. The molecule has 0 bridgehead atoms. The number of hydrogen-bond acceptors (Lipinski definition) is 8. The molecule has 1 fully saturated rings. The number of methoxy groups -OCH3 is 1. The maximum Gasteiger partial charge on any atom is 0.227 e. The average molecular weight is 371 g/mol. The van der Waals surface area contributed by atoms with E-state index in [1.54, 1.807) is 7.11 Å². The predicted molar refractivity (Wildman–Crippen MR) is 95.1 cm³/mol. The van der Waals surface area contributed by atoms with E-state index in [2.05, 4.69) is 25.7 Å². The Bertz CT molecular complexity index is 901. The SMILES string of the molecule is COc1ccc(-c2noc(CCC(=O)Nc3nnc(C4CC4)s3)n2)cc1. The Labute approximate surface area is 153 Å². The van der Waals surface area contributed by atoms with Gasteiger partial charge in [0, 0.05) is 24.3 Å². The molecule has 1 aliphatic carbocycles. The third kappa shape index (κ3) is 3.88. The van der Waals surface area contributed by atoms with Gasteiger partial charge in [-0.3, -0.25) is 4.79 Å². The maximum absolute atomic E-state index is 12.1. The van der Waals surface area contributed by atoms with Gasteiger partial charge < -0.3 is 14.6 Å². The molecule has 0 aliphatic heterocycles. The second kappa shape index (κ2) is 7.20. The lowest BCUT2D eigenvalue weighted by Gasteiger charge is -1.99. The van der Waals surface area contributed by atoms with Crippen LogP contribution in [-0.2, 0) is 11.2 Å². The highest BCUT2D eigenvalue weighted by molar-refractivity contribution is 7.15. The number of aryl methyl sites for hydroxylation is 1. The monoisotopic (exact) mass is 371 g/mol. The van der Waals surface area contributed by atoms with Gasteiger partial charge in [0.1, 0.15) is 10.8 Å². The number of aromatic nitrogens is 4. The fourth-order valence-electron chi connectivity index (χ4n) is 2.40. The van der Waals surface area contributed by atoms with Crippen LogP contribution in [0.1, 0.15) is 36.1 Å². The van der Waals surface area contributed by atoms with E-state index in [4.69, 9.17) is 9.26 Å². The summed E-state index contributed by atoms with van der Waals surface area (Å²) in [6, 6.07) is 7.37. The lowest BCUT2D eigenvalue weighted by molar-refractivity contribution is -0.116. The first-order valence-electron chi connectivity index (χ1n) is 8.31. The van der Waals surface area contributed by atoms with E-state index in [0.717, 1.165) is 29.2 Å². The van der Waals surface area contributed by atoms with Crippen LogP contribution < -0.4 is 10.1 Å². The van der Waals surface area contributed by atoms with Gasteiger partial charge in [-0.05, 0) is 37.1 Å². The molecule has 1 amide bonds. The second-order valence-electron chi connectivity index (χ2n) is 6.01. The Kier molecular flexibility index (Phi) is 4.61. The molecule has 0 spiro atoms. The van der Waals surface area contributed by atoms with Gasteiger partial charge in [0.05, 0.1) is 7.11 Å². The molecule has 0 saturated heterocycles. The van der Waals surface area contributed by atoms with Crippen LogP contribution in [0.4, 0.5) is 5.13 Å². The zero-order valence-corrected chi connectivity index (χ0v) is 15.0. The summed E-state index contributed by atoms with van der Waals surface area (Å²) in [5, 5.41) is 16.4. The number of rotatable bonds is 7. The highest BCUT2D eigenvalue weighted by Crippen LogP contribution is 2.42. The molecule has 2 aromatic heterocycles. The number of amides is 1. The summed E-state index contributed by atoms with van der Waals surface area (Å²) in [6.45, 7) is 0. The van der Waals surface area contributed by atoms with Gasteiger partial charge in [-0.25, -0.2) is 0 Å². The van der Waals surface area contributed by atoms with E-state index in [-0.39, 0.29) is 12.3 Å². The molecule has 0 unspecified atom stereocenters. The maximum atomic E-state index is 12.1. The van der Waals surface area contributed by atoms with Gasteiger partial charge >= 0.3 is 0 Å². The molecular formula is C17H17N5O3S. The standard InChI is InChI=1S/C17H17N5O3S/c1-24-12-6-4-10(5-7-12)15-19-14(25-22-15)9-8-13(23)18-17-21-20-16(26-17)11-2-3-11/h4-7,11H,2-3,8-9H2,1H3,(H,18,21,23). The summed E-state index contributed by atoms with van der Waals surface area (Å²) < 4.78 is 10.3. The zero-order valence-electron chi connectivity index (χ0n) is 14.1. The number of ether oxygens (including phenoxy) is 1. The minimum atomic E-state index is -0.146. The Morgan fingerprint density at radius 2 is 2.12 bits per heavy atom. The van der Waals surface area contributed by atoms with Crippen molar-refractivity contribution >= 4 is 22.4 Å². The zero-order chi connectivity index (χ0) is 17.9. The van der Waals surface area contributed by atoms with Crippen LogP contribution in [-0.4, -0.2) is 33.4 Å². The summed E-state index contributed by atoms with van der Waals surface area (Å²) in [5.41, 5.74) is 0.826. The number of carbonyl (C=O) groups excluding carboxylic acids is 1. The molecule has 134 valence electrons. The topological polar surface area (TPSA) is 103 Å². The van der Waals surface area contributed by atoms with Crippen molar-refractivity contribution in [2.45, 2.75) is 31.6 Å². The van der Waals surface area contributed by atoms with Crippen LogP contribution in [0, 0.1) is 0 Å². The van der Waals surface area contributed by atoms with Crippen molar-refractivity contribution in [1.82, 2.24) is 20.3 Å². The van der Waals surface area contributed by atoms with Gasteiger partial charge in [0.25, 0.3) is 0 Å². The van der Waals surface area contributed by atoms with Gasteiger partial charge in [-0.1, -0.05) is 16.5 Å². The van der Waals surface area contributed by atoms with Crippen molar-refractivity contribution in [3.8, 4) is 17.1 Å². The Morgan fingerprint density at radius 3 is 2.85 bits per heavy atom. The summed E-state index contributed by atoms with van der Waals surface area (Å²) in [6.07, 6.45) is 2.93. The normalized spacial score (nSPS) is 13.6. The van der Waals surface area contributed by atoms with Crippen molar-refractivity contribution < 1.29 is 14.1 Å². The molecule has 1 aromatic carbocycles. The Morgan fingerprint density at radius 1 is 1.31 bits per heavy atom. The molecule has 1 saturated carbocycles. The fourth-order valence-corrected chi connectivity index (χ4v) is 3.32. The molecular weight excluding hydrogens is 354 g/mol. The van der Waals surface area contributed by atoms with Crippen molar-refractivity contribution in [3.05, 3.63) is 35.2 Å². The van der Waals surface area contributed by atoms with E-state index in [0.29, 0.717) is 29.2 Å². The lowest BCUT2D eigenvalue weighted by Crippen LogP contribution is -2.12. The molecule has 9 heteroatoms. The fraction of sp³-hybridized carbons (Fsp3) is 0.353. The predicted octanol–water partition coefficient (Wildman–Crippen LogP) is 3.05. The third-order valence-corrected chi connectivity index (χ3v) is 5.00. The van der Waals surface area contributed by atoms with Crippen LogP contribution >= 0.6 is 11.3 Å². The van der Waals surface area contributed by atoms with E-state index in [9.17, 15) is 4.79 Å². The molecule has 2 heterocycles. The van der Waals surface area contributed by atoms with Gasteiger partial charge in [0.15, 0.2) is 0 Å². The largest absolute Gasteiger partial charge is 0.497 e. The lowest BCUT2D eigenvalue weighted by atomic mass is 10.2. The number of carbonyl (C=O) groups is 1. The minimum absolute atomic E-state index is 0.146. The molecule has 0 radical (unpaired) electrons. The summed E-state index contributed by atoms with van der Waals surface area (Å²) >= 11 is 1.44. The van der Waals surface area contributed by atoms with Crippen molar-refractivity contribution in [2.24, 2.45) is 0 Å². The number of benzene rings is 1. The first-order chi connectivity index (χ1) is 12.7. The van der Waals surface area contributed by atoms with E-state index in [1.807, 2.05) is 24.3 Å². The van der Waals surface area contributed by atoms with Crippen LogP contribution in [0.15, 0.2) is 28.8 Å². The van der Waals surface area contributed by atoms with Gasteiger partial charge in [0.2, 0.25) is 22.8 Å². The second-order valence-corrected chi connectivity index (χ2v) is 7.02. The van der Waals surface area contributed by atoms with E-state index < -0.39 is 0 Å². The van der Waals surface area contributed by atoms with E-state index in [1.165, 1.54) is 11.3 Å². The molecule has 0 atom stereocenters. The molecule has 1 aliphatic rings. The first kappa shape index (κ1) is 16.6. The van der Waals surface area contributed by atoms with Crippen molar-refractivity contribution in [1.29, 1.82) is 0 Å². The quantitative estimate of drug-likeness (QED) is 0.681. The van der Waals surface area contributed by atoms with Gasteiger partial charge in [-0.15, -0.1) is 10.2 Å². The minimum Gasteiger partial charge on any atom is -0.497 e. The van der Waals surface area contributed by atoms with Crippen LogP contribution in [0.5, 0.6) is 5.75 Å². The van der Waals surface area contributed by atoms with Gasteiger partial charge in [-0.2, -0.15) is 4.98 Å². The molecule has 1 N–H and O–H groups in total. The molecule has 8 nitrogen and oxygen atoms in total. The average Bonchev–Trinajstić information content (AvgIpc) is 3.23. The summed E-state index contributed by atoms with van der Waals surface area (Å²) in [4.78, 5) is 16.4. The smallest absolute Gasteiger partial charge is 0.227 e. The first-order valence-corrected chi connectivity index (χ1v) is 9.13. The number of anilines is 1. The Balaban J connectivity index is 1.31. The highest BCUT2D eigenvalue weighted by Gasteiger charge is 2.27. The van der Waals surface area contributed by atoms with Crippen molar-refractivity contribution in [2.75, 3.05) is 12.4 Å². The highest BCUT2D eigenvalue weighted by atomic mass is 32.1. The number of nitrogens with one attached hydrogen (secondary N) is 1. The van der Waals surface area contributed by atoms with E-state index >= 15 is 0 Å². The summed E-state index contributed by atoms with van der Waals surface area (Å²) in [5.74, 6) is 2.06. The molecule has 3 aromatic rings. The molecule has 26 heavy (non-hydrogen) atoms. The van der Waals surface area contributed by atoms with Crippen LogP contribution in [0.25, 0.3) is 11.4 Å².